The van der Waals surface area contributed by atoms with Gasteiger partial charge in [-0.25, -0.2) is 0 Å². The first-order valence-electron chi connectivity index (χ1n) is 13.3. The number of para-hydroxylation sites is 1. The summed E-state index contributed by atoms with van der Waals surface area (Å²) in [5, 5.41) is 0.710. The van der Waals surface area contributed by atoms with E-state index in [0.717, 1.165) is 11.3 Å². The van der Waals surface area contributed by atoms with Gasteiger partial charge in [0.25, 0.3) is 0 Å². The molecule has 7 heteroatoms. The highest BCUT2D eigenvalue weighted by molar-refractivity contribution is 6.36. The number of carbonyl (C=O) groups excluding carboxylic acids is 3. The second-order valence-corrected chi connectivity index (χ2v) is 11.4. The molecule has 0 unspecified atom stereocenters. The number of fused-ring (bicyclic) bond motifs is 5. The predicted molar refractivity (Wildman–Crippen MR) is 160 cm³/mol. The molecule has 0 N–H and O–H groups in total. The number of anilines is 1. The van der Waals surface area contributed by atoms with Gasteiger partial charge in [-0.2, -0.15) is 0 Å². The molecular formula is C34H23Cl2NO4. The molecule has 1 aliphatic carbocycles. The maximum Gasteiger partial charge on any atom is 0.185 e. The first kappa shape index (κ1) is 25.8. The Morgan fingerprint density at radius 2 is 1.51 bits per heavy atom. The summed E-state index contributed by atoms with van der Waals surface area (Å²) in [7, 11) is 1.56. The Labute approximate surface area is 247 Å². The van der Waals surface area contributed by atoms with E-state index in [1.165, 1.54) is 0 Å². The molecular weight excluding hydrogens is 557 g/mol. The molecule has 2 heterocycles. The fourth-order valence-corrected chi connectivity index (χ4v) is 7.47. The lowest BCUT2D eigenvalue weighted by Crippen LogP contribution is -2.48. The summed E-state index contributed by atoms with van der Waals surface area (Å²) in [6.07, 6.45) is 3.82. The number of hydrogen-bond donors (Lipinski definition) is 0. The maximum absolute atomic E-state index is 14.7. The number of methoxy groups -OCH3 is 1. The van der Waals surface area contributed by atoms with E-state index in [1.807, 2.05) is 41.3 Å². The summed E-state index contributed by atoms with van der Waals surface area (Å²) >= 11 is 13.2. The van der Waals surface area contributed by atoms with E-state index in [-0.39, 0.29) is 17.3 Å². The zero-order valence-electron chi connectivity index (χ0n) is 21.9. The summed E-state index contributed by atoms with van der Waals surface area (Å²) in [6, 6.07) is 24.8. The highest BCUT2D eigenvalue weighted by atomic mass is 35.5. The molecule has 4 aromatic carbocycles. The molecule has 1 spiro atoms. The zero-order valence-corrected chi connectivity index (χ0v) is 23.4. The van der Waals surface area contributed by atoms with Crippen LogP contribution in [0.1, 0.15) is 48.1 Å². The molecule has 3 aliphatic rings. The van der Waals surface area contributed by atoms with Gasteiger partial charge in [0.2, 0.25) is 0 Å². The number of halogens is 2. The van der Waals surface area contributed by atoms with Crippen LogP contribution in [0, 0.1) is 5.41 Å². The van der Waals surface area contributed by atoms with Crippen LogP contribution >= 0.6 is 23.2 Å². The monoisotopic (exact) mass is 579 g/mol. The van der Waals surface area contributed by atoms with Gasteiger partial charge in [-0.1, -0.05) is 83.9 Å². The zero-order chi connectivity index (χ0) is 28.5. The Kier molecular flexibility index (Phi) is 5.93. The second kappa shape index (κ2) is 9.44. The minimum absolute atomic E-state index is 0.229. The van der Waals surface area contributed by atoms with Crippen molar-refractivity contribution in [3.8, 4) is 5.75 Å². The van der Waals surface area contributed by atoms with Crippen LogP contribution in [-0.4, -0.2) is 36.5 Å². The molecule has 2 aliphatic heterocycles. The van der Waals surface area contributed by atoms with Gasteiger partial charge in [0.15, 0.2) is 17.3 Å². The number of Topliss-reactive ketones (excluding diaryl/α,β-unsaturated/α-hetero) is 3. The fraction of sp³-hybridized carbons (Fsp3) is 0.147. The Morgan fingerprint density at radius 1 is 0.854 bits per heavy atom. The number of ketones is 3. The minimum Gasteiger partial charge on any atom is -0.497 e. The summed E-state index contributed by atoms with van der Waals surface area (Å²) in [5.74, 6) is -1.14. The van der Waals surface area contributed by atoms with Crippen LogP contribution in [0.25, 0.3) is 6.08 Å². The lowest BCUT2D eigenvalue weighted by molar-refractivity contribution is 0.0666. The van der Waals surface area contributed by atoms with Crippen molar-refractivity contribution in [2.75, 3.05) is 12.0 Å². The number of rotatable bonds is 4. The van der Waals surface area contributed by atoms with Crippen molar-refractivity contribution >= 4 is 52.3 Å². The summed E-state index contributed by atoms with van der Waals surface area (Å²) < 4.78 is 5.31. The second-order valence-electron chi connectivity index (χ2n) is 10.5. The number of benzene rings is 4. The molecule has 1 fully saturated rings. The summed E-state index contributed by atoms with van der Waals surface area (Å²) in [5.41, 5.74) is 1.72. The maximum atomic E-state index is 14.7. The molecule has 41 heavy (non-hydrogen) atoms. The quantitative estimate of drug-likeness (QED) is 0.187. The van der Waals surface area contributed by atoms with Crippen molar-refractivity contribution in [2.45, 2.75) is 18.0 Å². The topological polar surface area (TPSA) is 63.7 Å². The van der Waals surface area contributed by atoms with Crippen LogP contribution in [0.5, 0.6) is 5.75 Å². The molecule has 0 bridgehead atoms. The minimum atomic E-state index is -1.63. The third-order valence-corrected chi connectivity index (χ3v) is 9.22. The van der Waals surface area contributed by atoms with E-state index in [1.54, 1.807) is 73.8 Å². The van der Waals surface area contributed by atoms with Crippen molar-refractivity contribution < 1.29 is 19.1 Å². The van der Waals surface area contributed by atoms with E-state index in [4.69, 9.17) is 27.9 Å². The normalized spacial score (nSPS) is 21.5. The van der Waals surface area contributed by atoms with Crippen LogP contribution in [0.4, 0.5) is 5.69 Å². The highest BCUT2D eigenvalue weighted by Crippen LogP contribution is 2.61. The molecule has 202 valence electrons. The molecule has 5 nitrogen and oxygen atoms in total. The van der Waals surface area contributed by atoms with E-state index in [2.05, 4.69) is 0 Å². The van der Waals surface area contributed by atoms with Gasteiger partial charge in [-0.15, -0.1) is 0 Å². The van der Waals surface area contributed by atoms with Gasteiger partial charge in [-0.3, -0.25) is 14.4 Å². The average molecular weight is 580 g/mol. The average Bonchev–Trinajstić information content (AvgIpc) is 3.43. The van der Waals surface area contributed by atoms with Gasteiger partial charge in [0, 0.05) is 38.3 Å². The Hall–Kier alpha value is -4.19. The van der Waals surface area contributed by atoms with Crippen LogP contribution in [0.15, 0.2) is 97.1 Å². The lowest BCUT2D eigenvalue weighted by Gasteiger charge is -2.37. The van der Waals surface area contributed by atoms with E-state index >= 15 is 0 Å². The van der Waals surface area contributed by atoms with Gasteiger partial charge in [0.05, 0.1) is 13.2 Å². The SMILES string of the molecule is COc1ccc(C(=O)[C@@H]2[C@@H](c3ccc(Cl)cc3Cl)C3(C(=O)c4ccccc4C3=O)[C@@H]3C=Cc4ccccc4N23)cc1. The van der Waals surface area contributed by atoms with Gasteiger partial charge < -0.3 is 9.64 Å². The van der Waals surface area contributed by atoms with Crippen LogP contribution in [0.3, 0.4) is 0 Å². The Morgan fingerprint density at radius 3 is 2.17 bits per heavy atom. The molecule has 0 radical (unpaired) electrons. The first-order valence-corrected chi connectivity index (χ1v) is 14.0. The third-order valence-electron chi connectivity index (χ3n) is 8.65. The van der Waals surface area contributed by atoms with Crippen molar-refractivity contribution in [2.24, 2.45) is 5.41 Å². The van der Waals surface area contributed by atoms with E-state index in [0.29, 0.717) is 38.0 Å². The Balaban J connectivity index is 1.55. The third kappa shape index (κ3) is 3.52. The van der Waals surface area contributed by atoms with Crippen molar-refractivity contribution in [1.29, 1.82) is 0 Å². The van der Waals surface area contributed by atoms with Crippen molar-refractivity contribution in [1.82, 2.24) is 0 Å². The molecule has 0 saturated carbocycles. The van der Waals surface area contributed by atoms with Crippen LogP contribution in [-0.2, 0) is 0 Å². The number of carbonyl (C=O) groups is 3. The molecule has 3 atom stereocenters. The standard InChI is InChI=1S/C34H23Cl2NO4/c1-41-22-14-10-20(11-15-22)31(38)30-29(25-16-13-21(35)18-26(25)36)34(32(39)23-7-3-4-8-24(23)33(34)40)28-17-12-19-6-2-5-9-27(19)37(28)30/h2-18,28-30H,1H3/t28-,29+,30-/m0/s1. The summed E-state index contributed by atoms with van der Waals surface area (Å²) in [6.45, 7) is 0. The summed E-state index contributed by atoms with van der Waals surface area (Å²) in [4.78, 5) is 46.0. The van der Waals surface area contributed by atoms with Crippen molar-refractivity contribution in [3.63, 3.8) is 0 Å². The van der Waals surface area contributed by atoms with Crippen molar-refractivity contribution in [3.05, 3.63) is 135 Å². The fourth-order valence-electron chi connectivity index (χ4n) is 6.94. The number of ether oxygens (including phenoxy) is 1. The molecule has 7 rings (SSSR count). The van der Waals surface area contributed by atoms with Gasteiger partial charge in [0.1, 0.15) is 17.2 Å². The van der Waals surface area contributed by atoms with Crippen LogP contribution in [0.2, 0.25) is 10.0 Å². The van der Waals surface area contributed by atoms with E-state index < -0.39 is 23.4 Å². The molecule has 1 saturated heterocycles. The smallest absolute Gasteiger partial charge is 0.185 e. The lowest BCUT2D eigenvalue weighted by atomic mass is 9.64. The number of nitrogens with zero attached hydrogens (tertiary/aromatic N) is 1. The number of hydrogen-bond acceptors (Lipinski definition) is 5. The Bertz CT molecular complexity index is 1760. The first-order chi connectivity index (χ1) is 19.9. The van der Waals surface area contributed by atoms with Crippen LogP contribution < -0.4 is 9.64 Å². The van der Waals surface area contributed by atoms with E-state index in [9.17, 15) is 14.4 Å². The van der Waals surface area contributed by atoms with Gasteiger partial charge >= 0.3 is 0 Å². The molecule has 0 amide bonds. The largest absolute Gasteiger partial charge is 0.497 e. The molecule has 4 aromatic rings. The highest BCUT2D eigenvalue weighted by Gasteiger charge is 2.71. The predicted octanol–water partition coefficient (Wildman–Crippen LogP) is 7.32. The molecule has 0 aromatic heterocycles. The van der Waals surface area contributed by atoms with Gasteiger partial charge in [-0.05, 0) is 53.6 Å².